The van der Waals surface area contributed by atoms with Gasteiger partial charge in [-0.25, -0.2) is 4.79 Å². The maximum atomic E-state index is 11.6. The molecule has 4 N–H and O–H groups in total. The summed E-state index contributed by atoms with van der Waals surface area (Å²) in [4.78, 5) is 45.6. The number of carbonyl (C=O) groups excluding carboxylic acids is 3. The van der Waals surface area contributed by atoms with E-state index in [1.54, 1.807) is 13.8 Å². The number of hydrogen-bond donors (Lipinski definition) is 4. The van der Waals surface area contributed by atoms with E-state index in [-0.39, 0.29) is 18.4 Å². The number of amides is 4. The predicted octanol–water partition coefficient (Wildman–Crippen LogP) is 0.226. The molecule has 0 aliphatic rings. The maximum absolute atomic E-state index is 11.6. The van der Waals surface area contributed by atoms with Gasteiger partial charge in [0.15, 0.2) is 0 Å². The highest BCUT2D eigenvalue weighted by atomic mass is 16.4. The molecule has 4 amide bonds. The average molecular weight is 301 g/mol. The number of carbonyl (C=O) groups is 4. The molecular formula is C13H23N3O5. The lowest BCUT2D eigenvalue weighted by Gasteiger charge is -2.19. The molecule has 0 fully saturated rings. The summed E-state index contributed by atoms with van der Waals surface area (Å²) in [6, 6.07) is -1.72. The highest BCUT2D eigenvalue weighted by molar-refractivity contribution is 5.97. The lowest BCUT2D eigenvalue weighted by Crippen LogP contribution is -2.51. The Labute approximate surface area is 123 Å². The SMILES string of the molecule is CC(C)NC(=O)C(C)NC(=O)NC(=O)CC(C)(C)C(=O)O. The van der Waals surface area contributed by atoms with Crippen LogP contribution in [-0.2, 0) is 14.4 Å². The molecule has 0 saturated heterocycles. The summed E-state index contributed by atoms with van der Waals surface area (Å²) >= 11 is 0. The van der Waals surface area contributed by atoms with Crippen molar-refractivity contribution in [3.8, 4) is 0 Å². The molecule has 0 aromatic heterocycles. The minimum atomic E-state index is -1.27. The summed E-state index contributed by atoms with van der Waals surface area (Å²) in [5.41, 5.74) is -1.27. The second kappa shape index (κ2) is 7.61. The van der Waals surface area contributed by atoms with E-state index in [1.807, 2.05) is 5.32 Å². The number of aliphatic carboxylic acids is 1. The fraction of sp³-hybridized carbons (Fsp3) is 0.692. The zero-order valence-electron chi connectivity index (χ0n) is 12.9. The van der Waals surface area contributed by atoms with E-state index in [4.69, 9.17) is 5.11 Å². The zero-order valence-corrected chi connectivity index (χ0v) is 12.9. The molecule has 0 bridgehead atoms. The van der Waals surface area contributed by atoms with Crippen LogP contribution in [0, 0.1) is 5.41 Å². The van der Waals surface area contributed by atoms with Gasteiger partial charge in [-0.2, -0.15) is 0 Å². The van der Waals surface area contributed by atoms with Gasteiger partial charge >= 0.3 is 12.0 Å². The number of urea groups is 1. The van der Waals surface area contributed by atoms with Crippen molar-refractivity contribution in [2.24, 2.45) is 5.41 Å². The molecule has 0 radical (unpaired) electrons. The Balaban J connectivity index is 4.35. The average Bonchev–Trinajstić information content (AvgIpc) is 2.25. The van der Waals surface area contributed by atoms with Crippen molar-refractivity contribution in [3.63, 3.8) is 0 Å². The highest BCUT2D eigenvalue weighted by Gasteiger charge is 2.31. The van der Waals surface area contributed by atoms with E-state index in [0.29, 0.717) is 0 Å². The van der Waals surface area contributed by atoms with E-state index >= 15 is 0 Å². The molecule has 0 saturated carbocycles. The summed E-state index contributed by atoms with van der Waals surface area (Å²) in [6.07, 6.45) is -0.345. The van der Waals surface area contributed by atoms with Crippen LogP contribution in [0.25, 0.3) is 0 Å². The summed E-state index contributed by atoms with van der Waals surface area (Å²) in [7, 11) is 0. The molecule has 120 valence electrons. The first-order chi connectivity index (χ1) is 9.45. The molecule has 1 atom stereocenters. The third-order valence-electron chi connectivity index (χ3n) is 2.61. The molecule has 8 nitrogen and oxygen atoms in total. The summed E-state index contributed by atoms with van der Waals surface area (Å²) in [5.74, 6) is -2.24. The van der Waals surface area contributed by atoms with Crippen LogP contribution in [0.15, 0.2) is 0 Å². The molecule has 0 aromatic rings. The van der Waals surface area contributed by atoms with Gasteiger partial charge in [-0.05, 0) is 34.6 Å². The van der Waals surface area contributed by atoms with E-state index < -0.39 is 29.4 Å². The van der Waals surface area contributed by atoms with Crippen LogP contribution in [-0.4, -0.2) is 41.0 Å². The van der Waals surface area contributed by atoms with Crippen molar-refractivity contribution in [2.45, 2.75) is 53.1 Å². The molecule has 0 spiro atoms. The third-order valence-corrected chi connectivity index (χ3v) is 2.61. The fourth-order valence-corrected chi connectivity index (χ4v) is 1.36. The Morgan fingerprint density at radius 1 is 1.05 bits per heavy atom. The van der Waals surface area contributed by atoms with Crippen LogP contribution >= 0.6 is 0 Å². The zero-order chi connectivity index (χ0) is 16.8. The quantitative estimate of drug-likeness (QED) is 0.559. The highest BCUT2D eigenvalue weighted by Crippen LogP contribution is 2.19. The van der Waals surface area contributed by atoms with E-state index in [1.165, 1.54) is 20.8 Å². The van der Waals surface area contributed by atoms with E-state index in [0.717, 1.165) is 0 Å². The Morgan fingerprint density at radius 2 is 1.57 bits per heavy atom. The van der Waals surface area contributed by atoms with E-state index in [2.05, 4.69) is 10.6 Å². The van der Waals surface area contributed by atoms with Crippen LogP contribution in [0.2, 0.25) is 0 Å². The van der Waals surface area contributed by atoms with Crippen LogP contribution in [0.1, 0.15) is 41.0 Å². The number of rotatable bonds is 6. The Hall–Kier alpha value is -2.12. The summed E-state index contributed by atoms with van der Waals surface area (Å²) in [6.45, 7) is 7.80. The van der Waals surface area contributed by atoms with Crippen molar-refractivity contribution in [2.75, 3.05) is 0 Å². The van der Waals surface area contributed by atoms with E-state index in [9.17, 15) is 19.2 Å². The maximum Gasteiger partial charge on any atom is 0.322 e. The predicted molar refractivity (Wildman–Crippen MR) is 75.4 cm³/mol. The molecule has 0 heterocycles. The second-order valence-electron chi connectivity index (χ2n) is 5.77. The van der Waals surface area contributed by atoms with Crippen molar-refractivity contribution in [1.82, 2.24) is 16.0 Å². The first-order valence-corrected chi connectivity index (χ1v) is 6.60. The standard InChI is InChI=1S/C13H23N3O5/c1-7(2)14-10(18)8(3)15-12(21)16-9(17)6-13(4,5)11(19)20/h7-8H,6H2,1-5H3,(H,14,18)(H,19,20)(H2,15,16,17,21). The smallest absolute Gasteiger partial charge is 0.322 e. The van der Waals surface area contributed by atoms with Gasteiger partial charge in [-0.15, -0.1) is 0 Å². The Bertz CT molecular complexity index is 432. The number of imide groups is 1. The lowest BCUT2D eigenvalue weighted by molar-refractivity contribution is -0.149. The van der Waals surface area contributed by atoms with Crippen molar-refractivity contribution >= 4 is 23.8 Å². The summed E-state index contributed by atoms with van der Waals surface area (Å²) in [5, 5.41) is 15.8. The molecule has 0 aliphatic heterocycles. The molecule has 0 rings (SSSR count). The van der Waals surface area contributed by atoms with Crippen molar-refractivity contribution in [3.05, 3.63) is 0 Å². The third kappa shape index (κ3) is 7.28. The van der Waals surface area contributed by atoms with Crippen molar-refractivity contribution < 1.29 is 24.3 Å². The largest absolute Gasteiger partial charge is 0.481 e. The molecular weight excluding hydrogens is 278 g/mol. The Morgan fingerprint density at radius 3 is 2.00 bits per heavy atom. The fourth-order valence-electron chi connectivity index (χ4n) is 1.36. The minimum Gasteiger partial charge on any atom is -0.481 e. The molecule has 0 aliphatic carbocycles. The molecule has 1 unspecified atom stereocenters. The number of hydrogen-bond acceptors (Lipinski definition) is 4. The molecule has 0 aromatic carbocycles. The van der Waals surface area contributed by atoms with Crippen LogP contribution in [0.5, 0.6) is 0 Å². The number of nitrogens with one attached hydrogen (secondary N) is 3. The monoisotopic (exact) mass is 301 g/mol. The van der Waals surface area contributed by atoms with Gasteiger partial charge in [-0.1, -0.05) is 0 Å². The Kier molecular flexibility index (Phi) is 6.84. The van der Waals surface area contributed by atoms with Crippen molar-refractivity contribution in [1.29, 1.82) is 0 Å². The van der Waals surface area contributed by atoms with Gasteiger partial charge in [-0.3, -0.25) is 19.7 Å². The summed E-state index contributed by atoms with van der Waals surface area (Å²) < 4.78 is 0. The van der Waals surface area contributed by atoms with Crippen LogP contribution < -0.4 is 16.0 Å². The van der Waals surface area contributed by atoms with Gasteiger partial charge in [0.1, 0.15) is 6.04 Å². The van der Waals surface area contributed by atoms with Crippen LogP contribution in [0.3, 0.4) is 0 Å². The van der Waals surface area contributed by atoms with Gasteiger partial charge in [0, 0.05) is 12.5 Å². The minimum absolute atomic E-state index is 0.0668. The molecule has 8 heteroatoms. The molecule has 21 heavy (non-hydrogen) atoms. The normalized spacial score (nSPS) is 12.5. The van der Waals surface area contributed by atoms with Gasteiger partial charge < -0.3 is 15.7 Å². The number of carboxylic acids is 1. The first-order valence-electron chi connectivity index (χ1n) is 6.60. The van der Waals surface area contributed by atoms with Gasteiger partial charge in [0.05, 0.1) is 5.41 Å². The van der Waals surface area contributed by atoms with Gasteiger partial charge in [0.25, 0.3) is 0 Å². The lowest BCUT2D eigenvalue weighted by atomic mass is 9.89. The van der Waals surface area contributed by atoms with Gasteiger partial charge in [0.2, 0.25) is 11.8 Å². The first kappa shape index (κ1) is 18.9. The van der Waals surface area contributed by atoms with Crippen LogP contribution in [0.4, 0.5) is 4.79 Å². The topological polar surface area (TPSA) is 125 Å². The number of carboxylic acid groups (broad SMARTS) is 1. The second-order valence-corrected chi connectivity index (χ2v) is 5.77.